The Kier molecular flexibility index (Phi) is 6.69. The lowest BCUT2D eigenvalue weighted by Gasteiger charge is -2.20. The van der Waals surface area contributed by atoms with E-state index in [1.807, 2.05) is 31.2 Å². The van der Waals surface area contributed by atoms with E-state index in [0.29, 0.717) is 27.9 Å². The Morgan fingerprint density at radius 2 is 1.53 bits per heavy atom. The van der Waals surface area contributed by atoms with Crippen molar-refractivity contribution in [2.24, 2.45) is 0 Å². The molecule has 0 amide bonds. The minimum Gasteiger partial charge on any atom is -0.384 e. The van der Waals surface area contributed by atoms with Crippen LogP contribution in [0.2, 0.25) is 5.02 Å². The van der Waals surface area contributed by atoms with Crippen molar-refractivity contribution < 1.29 is 9.50 Å². The summed E-state index contributed by atoms with van der Waals surface area (Å²) in [6.07, 6.45) is 6.58. The van der Waals surface area contributed by atoms with Crippen molar-refractivity contribution in [1.29, 1.82) is 0 Å². The molecule has 3 aromatic heterocycles. The van der Waals surface area contributed by atoms with Crippen molar-refractivity contribution in [2.75, 3.05) is 11.1 Å². The van der Waals surface area contributed by atoms with Gasteiger partial charge in [-0.05, 0) is 68.3 Å². The number of halogens is 2. The molecular formula is C29H26ClFN6O. The van der Waals surface area contributed by atoms with Gasteiger partial charge in [-0.3, -0.25) is 4.98 Å². The first-order valence-corrected chi connectivity index (χ1v) is 12.4. The Balaban J connectivity index is 1.50. The van der Waals surface area contributed by atoms with Crippen LogP contribution in [-0.4, -0.2) is 25.0 Å². The highest BCUT2D eigenvalue weighted by atomic mass is 35.5. The first kappa shape index (κ1) is 25.5. The van der Waals surface area contributed by atoms with Gasteiger partial charge in [0.05, 0.1) is 22.3 Å². The van der Waals surface area contributed by atoms with E-state index < -0.39 is 11.6 Å². The molecule has 5 aromatic rings. The topological polar surface area (TPSA) is 110 Å². The van der Waals surface area contributed by atoms with E-state index in [0.717, 1.165) is 33.2 Å². The fourth-order valence-corrected chi connectivity index (χ4v) is 4.42. The van der Waals surface area contributed by atoms with Gasteiger partial charge < -0.3 is 16.2 Å². The molecule has 0 aliphatic rings. The lowest BCUT2D eigenvalue weighted by molar-refractivity contribution is 0.0687. The molecule has 38 heavy (non-hydrogen) atoms. The van der Waals surface area contributed by atoms with Crippen molar-refractivity contribution in [3.63, 3.8) is 0 Å². The van der Waals surface area contributed by atoms with Crippen LogP contribution in [0.25, 0.3) is 33.2 Å². The van der Waals surface area contributed by atoms with Crippen LogP contribution in [0.1, 0.15) is 38.2 Å². The second kappa shape index (κ2) is 9.96. The highest BCUT2D eigenvalue weighted by molar-refractivity contribution is 6.34. The molecule has 0 radical (unpaired) electrons. The summed E-state index contributed by atoms with van der Waals surface area (Å²) in [5.74, 6) is 0.419. The van der Waals surface area contributed by atoms with Crippen molar-refractivity contribution in [3.05, 3.63) is 95.5 Å². The van der Waals surface area contributed by atoms with E-state index in [9.17, 15) is 9.50 Å². The van der Waals surface area contributed by atoms with Gasteiger partial charge in [0.2, 0.25) is 0 Å². The zero-order valence-corrected chi connectivity index (χ0v) is 21.8. The molecule has 4 N–H and O–H groups in total. The summed E-state index contributed by atoms with van der Waals surface area (Å²) in [5.41, 5.74) is 9.70. The smallest absolute Gasteiger partial charge is 0.159 e. The van der Waals surface area contributed by atoms with Crippen LogP contribution in [-0.2, 0) is 5.60 Å². The average Bonchev–Trinajstić information content (AvgIpc) is 2.90. The Morgan fingerprint density at radius 1 is 0.868 bits per heavy atom. The van der Waals surface area contributed by atoms with Crippen molar-refractivity contribution in [3.8, 4) is 22.3 Å². The third-order valence-electron chi connectivity index (χ3n) is 6.30. The first-order valence-electron chi connectivity index (χ1n) is 12.0. The number of anilines is 2. The zero-order valence-electron chi connectivity index (χ0n) is 21.1. The number of rotatable bonds is 6. The third-order valence-corrected chi connectivity index (χ3v) is 6.58. The number of hydrogen-bond donors (Lipinski definition) is 3. The minimum absolute atomic E-state index is 0.335. The molecule has 3 heterocycles. The maximum absolute atomic E-state index is 15.0. The summed E-state index contributed by atoms with van der Waals surface area (Å²) in [6, 6.07) is 13.8. The largest absolute Gasteiger partial charge is 0.384 e. The standard InChI is InChI=1S/C29H26ClFN6O/c1-16(21-10-17(4-7-24(21)31)19-6-9-26(32)34-12-19)37-27-22-11-18(5-8-25(22)33-15-23(27)30)20-13-35-28(36-14-20)29(2,3)38/h4-16,38H,1-3H3,(H2,32,34)(H,33,37). The van der Waals surface area contributed by atoms with E-state index in [1.165, 1.54) is 6.07 Å². The Hall–Kier alpha value is -4.14. The molecule has 0 saturated heterocycles. The van der Waals surface area contributed by atoms with Crippen molar-refractivity contribution in [2.45, 2.75) is 32.4 Å². The molecule has 7 nitrogen and oxygen atoms in total. The van der Waals surface area contributed by atoms with E-state index in [2.05, 4.69) is 25.3 Å². The highest BCUT2D eigenvalue weighted by Gasteiger charge is 2.20. The lowest BCUT2D eigenvalue weighted by atomic mass is 9.99. The Labute approximate surface area is 224 Å². The van der Waals surface area contributed by atoms with Crippen LogP contribution in [0.5, 0.6) is 0 Å². The molecule has 9 heteroatoms. The molecule has 192 valence electrons. The van der Waals surface area contributed by atoms with Gasteiger partial charge in [0.15, 0.2) is 5.82 Å². The summed E-state index contributed by atoms with van der Waals surface area (Å²) in [7, 11) is 0. The normalized spacial score (nSPS) is 12.5. The summed E-state index contributed by atoms with van der Waals surface area (Å²) in [6.45, 7) is 5.14. The summed E-state index contributed by atoms with van der Waals surface area (Å²) < 4.78 is 15.0. The predicted octanol–water partition coefficient (Wildman–Crippen LogP) is 6.53. The highest BCUT2D eigenvalue weighted by Crippen LogP contribution is 2.36. The van der Waals surface area contributed by atoms with Crippen LogP contribution in [0.4, 0.5) is 15.9 Å². The summed E-state index contributed by atoms with van der Waals surface area (Å²) in [5, 5.41) is 14.7. The molecule has 1 atom stereocenters. The Bertz CT molecular complexity index is 1620. The zero-order chi connectivity index (χ0) is 27.0. The first-order chi connectivity index (χ1) is 18.1. The van der Waals surface area contributed by atoms with Gasteiger partial charge in [0.25, 0.3) is 0 Å². The molecular weight excluding hydrogens is 503 g/mol. The van der Waals surface area contributed by atoms with Crippen LogP contribution < -0.4 is 11.1 Å². The lowest BCUT2D eigenvalue weighted by Crippen LogP contribution is -2.19. The predicted molar refractivity (Wildman–Crippen MR) is 149 cm³/mol. The second-order valence-corrected chi connectivity index (χ2v) is 10.0. The summed E-state index contributed by atoms with van der Waals surface area (Å²) in [4.78, 5) is 17.2. The molecule has 0 fully saturated rings. The number of fused-ring (bicyclic) bond motifs is 1. The third kappa shape index (κ3) is 5.14. The van der Waals surface area contributed by atoms with Crippen LogP contribution >= 0.6 is 11.6 Å². The number of nitrogens with one attached hydrogen (secondary N) is 1. The fraction of sp³-hybridized carbons (Fsp3) is 0.172. The maximum Gasteiger partial charge on any atom is 0.159 e. The second-order valence-electron chi connectivity index (χ2n) is 9.64. The molecule has 5 rings (SSSR count). The average molecular weight is 529 g/mol. The Morgan fingerprint density at radius 3 is 2.21 bits per heavy atom. The molecule has 2 aromatic carbocycles. The number of aromatic nitrogens is 4. The number of pyridine rings is 2. The van der Waals surface area contributed by atoms with E-state index in [1.54, 1.807) is 56.8 Å². The van der Waals surface area contributed by atoms with Gasteiger partial charge in [-0.25, -0.2) is 19.3 Å². The molecule has 0 spiro atoms. The van der Waals surface area contributed by atoms with Gasteiger partial charge in [-0.15, -0.1) is 0 Å². The van der Waals surface area contributed by atoms with Gasteiger partial charge in [-0.1, -0.05) is 23.7 Å². The number of nitrogen functional groups attached to an aromatic ring is 1. The number of aliphatic hydroxyl groups is 1. The molecule has 1 unspecified atom stereocenters. The van der Waals surface area contributed by atoms with Gasteiger partial charge in [-0.2, -0.15) is 0 Å². The monoisotopic (exact) mass is 528 g/mol. The maximum atomic E-state index is 15.0. The minimum atomic E-state index is -1.14. The molecule has 0 saturated carbocycles. The van der Waals surface area contributed by atoms with Crippen LogP contribution in [0.15, 0.2) is 73.3 Å². The van der Waals surface area contributed by atoms with Gasteiger partial charge >= 0.3 is 0 Å². The number of hydrogen-bond acceptors (Lipinski definition) is 7. The molecule has 0 aliphatic heterocycles. The van der Waals surface area contributed by atoms with E-state index in [4.69, 9.17) is 17.3 Å². The SMILES string of the molecule is CC(Nc1c(Cl)cnc2ccc(-c3cnc(C(C)(C)O)nc3)cc12)c1cc(-c2ccc(N)nc2)ccc1F. The number of nitrogens with two attached hydrogens (primary N) is 1. The van der Waals surface area contributed by atoms with E-state index >= 15 is 0 Å². The number of nitrogens with zero attached hydrogens (tertiary/aromatic N) is 4. The summed E-state index contributed by atoms with van der Waals surface area (Å²) >= 11 is 6.59. The van der Waals surface area contributed by atoms with Crippen molar-refractivity contribution >= 4 is 34.0 Å². The molecule has 0 aliphatic carbocycles. The van der Waals surface area contributed by atoms with Gasteiger partial charge in [0, 0.05) is 46.9 Å². The van der Waals surface area contributed by atoms with Crippen LogP contribution in [0.3, 0.4) is 0 Å². The number of benzene rings is 2. The quantitative estimate of drug-likeness (QED) is 0.230. The van der Waals surface area contributed by atoms with Gasteiger partial charge in [0.1, 0.15) is 17.2 Å². The van der Waals surface area contributed by atoms with Crippen molar-refractivity contribution in [1.82, 2.24) is 19.9 Å². The fourth-order valence-electron chi connectivity index (χ4n) is 4.21. The van der Waals surface area contributed by atoms with E-state index in [-0.39, 0.29) is 5.82 Å². The molecule has 0 bridgehead atoms. The van der Waals surface area contributed by atoms with Crippen LogP contribution in [0, 0.1) is 5.82 Å².